The number of carboxylic acid groups (broad SMARTS) is 1. The zero-order valence-corrected chi connectivity index (χ0v) is 13.6. The molecule has 1 rings (SSSR count). The Kier molecular flexibility index (Phi) is 7.58. The molecule has 0 aromatic carbocycles. The van der Waals surface area contributed by atoms with Crippen LogP contribution in [0.25, 0.3) is 0 Å². The van der Waals surface area contributed by atoms with Crippen molar-refractivity contribution in [2.45, 2.75) is 33.1 Å². The van der Waals surface area contributed by atoms with E-state index in [9.17, 15) is 13.2 Å². The molecule has 1 aliphatic rings. The van der Waals surface area contributed by atoms with E-state index in [0.717, 1.165) is 0 Å². The lowest BCUT2D eigenvalue weighted by Gasteiger charge is -2.29. The zero-order chi connectivity index (χ0) is 15.9. The third kappa shape index (κ3) is 6.73. The summed E-state index contributed by atoms with van der Waals surface area (Å²) in [5.41, 5.74) is 0. The van der Waals surface area contributed by atoms with Crippen LogP contribution in [0.1, 0.15) is 33.1 Å². The molecule has 1 fully saturated rings. The Labute approximate surface area is 126 Å². The number of hydrogen-bond acceptors (Lipinski definition) is 4. The van der Waals surface area contributed by atoms with Gasteiger partial charge in [-0.3, -0.25) is 4.79 Å². The van der Waals surface area contributed by atoms with Gasteiger partial charge in [0.2, 0.25) is 0 Å². The number of rotatable bonds is 9. The minimum absolute atomic E-state index is 0.260. The standard InChI is InChI=1S/C13H26N2O5S/c1-11(2)10-20-9-3-6-14-21(18,19)15-7-4-12(5-8-15)13(16)17/h11-12,14H,3-10H2,1-2H3,(H,16,17). The van der Waals surface area contributed by atoms with Crippen LogP contribution in [0.5, 0.6) is 0 Å². The van der Waals surface area contributed by atoms with Crippen LogP contribution >= 0.6 is 0 Å². The van der Waals surface area contributed by atoms with Crippen LogP contribution in [0.3, 0.4) is 0 Å². The maximum absolute atomic E-state index is 12.0. The molecule has 8 heteroatoms. The molecule has 7 nitrogen and oxygen atoms in total. The van der Waals surface area contributed by atoms with Crippen LogP contribution in [-0.2, 0) is 19.7 Å². The number of aliphatic carboxylic acids is 1. The van der Waals surface area contributed by atoms with Crippen molar-refractivity contribution < 1.29 is 23.1 Å². The van der Waals surface area contributed by atoms with Crippen molar-refractivity contribution in [2.75, 3.05) is 32.8 Å². The smallest absolute Gasteiger partial charge is 0.306 e. The molecule has 0 aliphatic carbocycles. The van der Waals surface area contributed by atoms with Gasteiger partial charge in [-0.25, -0.2) is 4.72 Å². The molecule has 0 aromatic rings. The molecule has 0 unspecified atom stereocenters. The lowest BCUT2D eigenvalue weighted by molar-refractivity contribution is -0.142. The summed E-state index contributed by atoms with van der Waals surface area (Å²) < 4.78 is 33.3. The highest BCUT2D eigenvalue weighted by Crippen LogP contribution is 2.18. The van der Waals surface area contributed by atoms with Gasteiger partial charge >= 0.3 is 5.97 Å². The highest BCUT2D eigenvalue weighted by molar-refractivity contribution is 7.87. The van der Waals surface area contributed by atoms with E-state index < -0.39 is 22.1 Å². The SMILES string of the molecule is CC(C)COCCCNS(=O)(=O)N1CCC(C(=O)O)CC1. The lowest BCUT2D eigenvalue weighted by Crippen LogP contribution is -2.46. The Morgan fingerprint density at radius 1 is 1.38 bits per heavy atom. The Hall–Kier alpha value is -0.700. The fourth-order valence-electron chi connectivity index (χ4n) is 2.13. The minimum atomic E-state index is -3.50. The molecule has 1 aliphatic heterocycles. The highest BCUT2D eigenvalue weighted by Gasteiger charge is 2.30. The van der Waals surface area contributed by atoms with E-state index in [2.05, 4.69) is 18.6 Å². The van der Waals surface area contributed by atoms with Crippen LogP contribution in [-0.4, -0.2) is 56.6 Å². The molecule has 0 atom stereocenters. The summed E-state index contributed by atoms with van der Waals surface area (Å²) in [6.45, 7) is 6.18. The Morgan fingerprint density at radius 3 is 2.52 bits per heavy atom. The first kappa shape index (κ1) is 18.3. The Bertz CT molecular complexity index is 416. The third-order valence-corrected chi connectivity index (χ3v) is 4.96. The minimum Gasteiger partial charge on any atom is -0.481 e. The Balaban J connectivity index is 2.23. The molecular formula is C13H26N2O5S. The van der Waals surface area contributed by atoms with Gasteiger partial charge in [-0.15, -0.1) is 0 Å². The summed E-state index contributed by atoms with van der Waals surface area (Å²) in [5.74, 6) is -0.805. The van der Waals surface area contributed by atoms with E-state index in [0.29, 0.717) is 44.9 Å². The molecule has 0 amide bonds. The average Bonchev–Trinajstić information content (AvgIpc) is 2.42. The van der Waals surface area contributed by atoms with Gasteiger partial charge in [-0.2, -0.15) is 12.7 Å². The molecule has 0 aromatic heterocycles. The largest absolute Gasteiger partial charge is 0.481 e. The fraction of sp³-hybridized carbons (Fsp3) is 0.923. The van der Waals surface area contributed by atoms with Crippen LogP contribution in [0.4, 0.5) is 0 Å². The maximum atomic E-state index is 12.0. The summed E-state index contributed by atoms with van der Waals surface area (Å²) >= 11 is 0. The summed E-state index contributed by atoms with van der Waals surface area (Å²) in [7, 11) is -3.50. The van der Waals surface area contributed by atoms with Gasteiger partial charge in [0, 0.05) is 32.8 Å². The third-order valence-electron chi connectivity index (χ3n) is 3.34. The van der Waals surface area contributed by atoms with Gasteiger partial charge in [0.05, 0.1) is 5.92 Å². The van der Waals surface area contributed by atoms with E-state index in [1.54, 1.807) is 0 Å². The van der Waals surface area contributed by atoms with Crippen LogP contribution in [0.15, 0.2) is 0 Å². The molecule has 0 saturated carbocycles. The van der Waals surface area contributed by atoms with Crippen molar-refractivity contribution in [2.24, 2.45) is 11.8 Å². The number of ether oxygens (including phenoxy) is 1. The summed E-state index contributed by atoms with van der Waals surface area (Å²) in [5, 5.41) is 8.89. The van der Waals surface area contributed by atoms with Crippen LogP contribution in [0, 0.1) is 11.8 Å². The lowest BCUT2D eigenvalue weighted by atomic mass is 9.99. The van der Waals surface area contributed by atoms with E-state index in [-0.39, 0.29) is 13.1 Å². The summed E-state index contributed by atoms with van der Waals surface area (Å²) in [4.78, 5) is 10.8. The Morgan fingerprint density at radius 2 is 2.00 bits per heavy atom. The second kappa shape index (κ2) is 8.67. The summed E-state index contributed by atoms with van der Waals surface area (Å²) in [6.07, 6.45) is 1.36. The van der Waals surface area contributed by atoms with E-state index in [1.165, 1.54) is 4.31 Å². The normalized spacial score (nSPS) is 18.2. The predicted octanol–water partition coefficient (Wildman–Crippen LogP) is 0.680. The van der Waals surface area contributed by atoms with Crippen molar-refractivity contribution in [1.29, 1.82) is 0 Å². The van der Waals surface area contributed by atoms with Crippen LogP contribution < -0.4 is 4.72 Å². The van der Waals surface area contributed by atoms with Gasteiger partial charge in [0.15, 0.2) is 0 Å². The highest BCUT2D eigenvalue weighted by atomic mass is 32.2. The topological polar surface area (TPSA) is 95.9 Å². The molecule has 1 heterocycles. The molecular weight excluding hydrogens is 296 g/mol. The van der Waals surface area contributed by atoms with E-state index in [1.807, 2.05) is 0 Å². The van der Waals surface area contributed by atoms with Crippen molar-refractivity contribution >= 4 is 16.2 Å². The average molecular weight is 322 g/mol. The summed E-state index contributed by atoms with van der Waals surface area (Å²) in [6, 6.07) is 0. The molecule has 0 bridgehead atoms. The van der Waals surface area contributed by atoms with Gasteiger partial charge in [-0.1, -0.05) is 13.8 Å². The maximum Gasteiger partial charge on any atom is 0.306 e. The van der Waals surface area contributed by atoms with Crippen molar-refractivity contribution in [1.82, 2.24) is 9.03 Å². The van der Waals surface area contributed by atoms with E-state index in [4.69, 9.17) is 9.84 Å². The number of nitrogens with one attached hydrogen (secondary N) is 1. The number of piperidine rings is 1. The molecule has 0 spiro atoms. The predicted molar refractivity (Wildman–Crippen MR) is 79.1 cm³/mol. The van der Waals surface area contributed by atoms with Gasteiger partial charge in [-0.05, 0) is 25.2 Å². The van der Waals surface area contributed by atoms with E-state index >= 15 is 0 Å². The number of carboxylic acids is 1. The first-order valence-corrected chi connectivity index (χ1v) is 8.82. The zero-order valence-electron chi connectivity index (χ0n) is 12.7. The van der Waals surface area contributed by atoms with Crippen molar-refractivity contribution in [3.05, 3.63) is 0 Å². The molecule has 2 N–H and O–H groups in total. The number of hydrogen-bond donors (Lipinski definition) is 2. The van der Waals surface area contributed by atoms with Gasteiger partial charge < -0.3 is 9.84 Å². The monoisotopic (exact) mass is 322 g/mol. The molecule has 1 saturated heterocycles. The van der Waals surface area contributed by atoms with Crippen molar-refractivity contribution in [3.63, 3.8) is 0 Å². The quantitative estimate of drug-likeness (QED) is 0.609. The van der Waals surface area contributed by atoms with Crippen LogP contribution in [0.2, 0.25) is 0 Å². The molecule has 124 valence electrons. The second-order valence-corrected chi connectivity index (χ2v) is 7.49. The van der Waals surface area contributed by atoms with Gasteiger partial charge in [0.1, 0.15) is 0 Å². The number of carbonyl (C=O) groups is 1. The number of nitrogens with zero attached hydrogens (tertiary/aromatic N) is 1. The molecule has 0 radical (unpaired) electrons. The van der Waals surface area contributed by atoms with Crippen molar-refractivity contribution in [3.8, 4) is 0 Å². The molecule has 21 heavy (non-hydrogen) atoms. The second-order valence-electron chi connectivity index (χ2n) is 5.73. The first-order valence-electron chi connectivity index (χ1n) is 7.38. The first-order chi connectivity index (χ1) is 9.83. The fourth-order valence-corrected chi connectivity index (χ4v) is 3.41. The van der Waals surface area contributed by atoms with Gasteiger partial charge in [0.25, 0.3) is 10.2 Å².